The number of para-hydroxylation sites is 2. The van der Waals surface area contributed by atoms with Crippen molar-refractivity contribution in [1.29, 1.82) is 0 Å². The van der Waals surface area contributed by atoms with Crippen LogP contribution in [0.3, 0.4) is 0 Å². The Morgan fingerprint density at radius 1 is 0.386 bits per heavy atom. The third kappa shape index (κ3) is 5.25. The van der Waals surface area contributed by atoms with Crippen LogP contribution in [-0.2, 0) is 5.41 Å². The molecule has 1 aliphatic rings. The van der Waals surface area contributed by atoms with Crippen LogP contribution in [0.5, 0.6) is 0 Å². The van der Waals surface area contributed by atoms with Gasteiger partial charge < -0.3 is 9.47 Å². The molecule has 0 atom stereocenters. The quantitative estimate of drug-likeness (QED) is 0.165. The number of hydrogen-bond donors (Lipinski definition) is 0. The molecule has 1 aliphatic carbocycles. The van der Waals surface area contributed by atoms with E-state index in [1.807, 2.05) is 0 Å². The molecule has 1 heterocycles. The second-order valence-electron chi connectivity index (χ2n) is 15.7. The van der Waals surface area contributed by atoms with Gasteiger partial charge in [0.25, 0.3) is 0 Å². The van der Waals surface area contributed by atoms with Crippen LogP contribution in [0.4, 0.5) is 17.1 Å². The maximum atomic E-state index is 2.47. The zero-order valence-electron chi connectivity index (χ0n) is 32.0. The van der Waals surface area contributed by atoms with Crippen molar-refractivity contribution in [3.05, 3.63) is 217 Å². The van der Waals surface area contributed by atoms with Gasteiger partial charge in [-0.1, -0.05) is 172 Å². The van der Waals surface area contributed by atoms with Crippen LogP contribution >= 0.6 is 0 Å². The number of hydrogen-bond acceptors (Lipinski definition) is 1. The van der Waals surface area contributed by atoms with E-state index in [9.17, 15) is 0 Å². The molecule has 0 fully saturated rings. The van der Waals surface area contributed by atoms with Gasteiger partial charge in [-0.05, 0) is 92.9 Å². The highest BCUT2D eigenvalue weighted by Gasteiger charge is 2.35. The summed E-state index contributed by atoms with van der Waals surface area (Å²) in [6.07, 6.45) is 0. The van der Waals surface area contributed by atoms with Gasteiger partial charge in [0, 0.05) is 44.2 Å². The van der Waals surface area contributed by atoms with E-state index in [1.165, 1.54) is 82.8 Å². The molecule has 2 heteroatoms. The Morgan fingerprint density at radius 2 is 0.965 bits per heavy atom. The standard InChI is InChI=1S/C55H40N2/c1-55(2)50-21-11-8-19-46(50)49-36-43(33-35-51(49)55)56(41-29-24-38(25-30-41)37-14-4-3-5-15-37)42-31-26-40(27-32-42)44-17-9-12-22-52(44)57-53-23-13-10-20-47(53)48-34-28-39-16-6-7-18-45(39)54(48)57/h3-36H,1-2H3. The van der Waals surface area contributed by atoms with Gasteiger partial charge in [0.2, 0.25) is 0 Å². The molecule has 11 rings (SSSR count). The lowest BCUT2D eigenvalue weighted by Gasteiger charge is -2.27. The van der Waals surface area contributed by atoms with Crippen LogP contribution in [0.15, 0.2) is 206 Å². The average Bonchev–Trinajstić information content (AvgIpc) is 3.73. The zero-order chi connectivity index (χ0) is 38.1. The molecule has 57 heavy (non-hydrogen) atoms. The Balaban J connectivity index is 1.06. The number of rotatable bonds is 6. The first-order valence-electron chi connectivity index (χ1n) is 19.9. The van der Waals surface area contributed by atoms with Crippen LogP contribution < -0.4 is 4.90 Å². The van der Waals surface area contributed by atoms with Gasteiger partial charge in [-0.3, -0.25) is 0 Å². The molecular formula is C55H40N2. The lowest BCUT2D eigenvalue weighted by atomic mass is 9.82. The highest BCUT2D eigenvalue weighted by molar-refractivity contribution is 6.19. The number of anilines is 3. The number of benzene rings is 9. The third-order valence-electron chi connectivity index (χ3n) is 12.2. The molecule has 0 unspecified atom stereocenters. The van der Waals surface area contributed by atoms with Crippen molar-refractivity contribution in [2.45, 2.75) is 19.3 Å². The van der Waals surface area contributed by atoms with Gasteiger partial charge in [0.05, 0.1) is 16.7 Å². The van der Waals surface area contributed by atoms with Crippen molar-refractivity contribution in [2.75, 3.05) is 4.90 Å². The van der Waals surface area contributed by atoms with E-state index < -0.39 is 0 Å². The molecule has 0 saturated carbocycles. The second-order valence-corrected chi connectivity index (χ2v) is 15.7. The Hall–Kier alpha value is -7.16. The molecule has 0 aliphatic heterocycles. The fourth-order valence-corrected chi connectivity index (χ4v) is 9.41. The van der Waals surface area contributed by atoms with Crippen LogP contribution in [0, 0.1) is 0 Å². The van der Waals surface area contributed by atoms with E-state index >= 15 is 0 Å². The van der Waals surface area contributed by atoms with Gasteiger partial charge in [0.15, 0.2) is 0 Å². The molecule has 0 spiro atoms. The average molecular weight is 729 g/mol. The first-order valence-corrected chi connectivity index (χ1v) is 19.9. The Morgan fingerprint density at radius 3 is 1.75 bits per heavy atom. The van der Waals surface area contributed by atoms with Gasteiger partial charge in [-0.25, -0.2) is 0 Å². The normalized spacial score (nSPS) is 12.9. The molecule has 1 aromatic heterocycles. The van der Waals surface area contributed by atoms with E-state index in [4.69, 9.17) is 0 Å². The molecule has 10 aromatic rings. The monoisotopic (exact) mass is 728 g/mol. The fraction of sp³-hybridized carbons (Fsp3) is 0.0545. The predicted molar refractivity (Wildman–Crippen MR) is 241 cm³/mol. The molecular weight excluding hydrogens is 689 g/mol. The van der Waals surface area contributed by atoms with E-state index in [0.717, 1.165) is 17.1 Å². The fourth-order valence-electron chi connectivity index (χ4n) is 9.41. The van der Waals surface area contributed by atoms with Gasteiger partial charge >= 0.3 is 0 Å². The summed E-state index contributed by atoms with van der Waals surface area (Å²) in [5.41, 5.74) is 17.1. The van der Waals surface area contributed by atoms with Crippen molar-refractivity contribution < 1.29 is 0 Å². The van der Waals surface area contributed by atoms with Crippen LogP contribution in [0.2, 0.25) is 0 Å². The Bertz CT molecular complexity index is 3130. The molecule has 9 aromatic carbocycles. The molecule has 0 N–H and O–H groups in total. The summed E-state index contributed by atoms with van der Waals surface area (Å²) in [6.45, 7) is 4.69. The van der Waals surface area contributed by atoms with Crippen LogP contribution in [-0.4, -0.2) is 4.57 Å². The highest BCUT2D eigenvalue weighted by atomic mass is 15.1. The second kappa shape index (κ2) is 13.0. The number of nitrogens with zero attached hydrogens (tertiary/aromatic N) is 2. The third-order valence-corrected chi connectivity index (χ3v) is 12.2. The lowest BCUT2D eigenvalue weighted by Crippen LogP contribution is -2.15. The van der Waals surface area contributed by atoms with Crippen molar-refractivity contribution in [3.8, 4) is 39.1 Å². The van der Waals surface area contributed by atoms with Crippen LogP contribution in [0.1, 0.15) is 25.0 Å². The summed E-state index contributed by atoms with van der Waals surface area (Å²) < 4.78 is 2.47. The minimum atomic E-state index is -0.0513. The first-order chi connectivity index (χ1) is 28.0. The highest BCUT2D eigenvalue weighted by Crippen LogP contribution is 2.51. The number of aromatic nitrogens is 1. The zero-order valence-corrected chi connectivity index (χ0v) is 32.0. The van der Waals surface area contributed by atoms with E-state index in [2.05, 4.69) is 230 Å². The number of fused-ring (bicyclic) bond motifs is 8. The lowest BCUT2D eigenvalue weighted by molar-refractivity contribution is 0.660. The van der Waals surface area contributed by atoms with Crippen LogP contribution in [0.25, 0.3) is 71.6 Å². The van der Waals surface area contributed by atoms with E-state index in [-0.39, 0.29) is 5.41 Å². The topological polar surface area (TPSA) is 8.17 Å². The van der Waals surface area contributed by atoms with E-state index in [0.29, 0.717) is 0 Å². The molecule has 270 valence electrons. The summed E-state index contributed by atoms with van der Waals surface area (Å²) in [5, 5.41) is 5.03. The molecule has 0 amide bonds. The first kappa shape index (κ1) is 33.2. The van der Waals surface area contributed by atoms with Crippen molar-refractivity contribution in [3.63, 3.8) is 0 Å². The largest absolute Gasteiger partial charge is 0.310 e. The molecule has 2 nitrogen and oxygen atoms in total. The minimum Gasteiger partial charge on any atom is -0.310 e. The molecule has 0 radical (unpaired) electrons. The summed E-state index contributed by atoms with van der Waals surface area (Å²) in [4.78, 5) is 2.40. The smallest absolute Gasteiger partial charge is 0.0619 e. The van der Waals surface area contributed by atoms with Crippen molar-refractivity contribution in [1.82, 2.24) is 4.57 Å². The maximum absolute atomic E-state index is 2.47. The van der Waals surface area contributed by atoms with Crippen molar-refractivity contribution in [2.24, 2.45) is 0 Å². The van der Waals surface area contributed by atoms with Gasteiger partial charge in [-0.15, -0.1) is 0 Å². The Labute approximate surface area is 333 Å². The minimum absolute atomic E-state index is 0.0513. The summed E-state index contributed by atoms with van der Waals surface area (Å²) in [5.74, 6) is 0. The Kier molecular flexibility index (Phi) is 7.55. The van der Waals surface area contributed by atoms with Gasteiger partial charge in [0.1, 0.15) is 0 Å². The van der Waals surface area contributed by atoms with Gasteiger partial charge in [-0.2, -0.15) is 0 Å². The van der Waals surface area contributed by atoms with E-state index in [1.54, 1.807) is 0 Å². The molecule has 0 saturated heterocycles. The summed E-state index contributed by atoms with van der Waals surface area (Å²) in [6, 6.07) is 75.6. The predicted octanol–water partition coefficient (Wildman–Crippen LogP) is 15.0. The summed E-state index contributed by atoms with van der Waals surface area (Å²) in [7, 11) is 0. The van der Waals surface area contributed by atoms with Crippen molar-refractivity contribution >= 4 is 49.6 Å². The summed E-state index contributed by atoms with van der Waals surface area (Å²) >= 11 is 0. The SMILES string of the molecule is CC1(C)c2ccccc2-c2cc(N(c3ccc(-c4ccccc4)cc3)c3ccc(-c4ccccc4-n4c5ccccc5c5ccc6ccccc6c54)cc3)ccc21. The maximum Gasteiger partial charge on any atom is 0.0619 e. The molecule has 0 bridgehead atoms.